The lowest BCUT2D eigenvalue weighted by atomic mass is 9.96. The number of pyridine rings is 1. The molecule has 0 radical (unpaired) electrons. The fraction of sp³-hybridized carbons (Fsp3) is 0.333. The Morgan fingerprint density at radius 3 is 2.61 bits per heavy atom. The number of hydrogen-bond acceptors (Lipinski definition) is 7. The Kier molecular flexibility index (Phi) is 7.24. The smallest absolute Gasteiger partial charge is 0.407 e. The predicted octanol–water partition coefficient (Wildman–Crippen LogP) is 4.70. The van der Waals surface area contributed by atoms with Crippen LogP contribution in [0.1, 0.15) is 25.5 Å². The van der Waals surface area contributed by atoms with Crippen molar-refractivity contribution in [3.63, 3.8) is 0 Å². The Morgan fingerprint density at radius 2 is 1.92 bits per heavy atom. The zero-order chi connectivity index (χ0) is 26.8. The lowest BCUT2D eigenvalue weighted by Gasteiger charge is -2.30. The van der Waals surface area contributed by atoms with Gasteiger partial charge in [0.25, 0.3) is 5.56 Å². The van der Waals surface area contributed by atoms with Gasteiger partial charge in [-0.25, -0.2) is 14.8 Å². The molecule has 0 saturated carbocycles. The second-order valence-corrected chi connectivity index (χ2v) is 9.84. The van der Waals surface area contributed by atoms with Crippen molar-refractivity contribution in [3.05, 3.63) is 63.9 Å². The summed E-state index contributed by atoms with van der Waals surface area (Å²) in [6.07, 6.45) is 5.50. The molecule has 38 heavy (non-hydrogen) atoms. The third kappa shape index (κ3) is 5.17. The van der Waals surface area contributed by atoms with E-state index in [2.05, 4.69) is 25.3 Å². The van der Waals surface area contributed by atoms with Gasteiger partial charge in [-0.2, -0.15) is 4.98 Å². The molecule has 1 saturated heterocycles. The van der Waals surface area contributed by atoms with E-state index in [-0.39, 0.29) is 11.5 Å². The number of rotatable bonds is 6. The number of halogens is 1. The standard InChI is InChI=1S/C27H28ClN7O3/c1-3-30-26-31-13-19-10-21(20-5-4-18(11-22(20)28)23-14-29-12-16(2)32-23)25(36)35(24(19)33-26)15-17-6-8-34(9-7-17)27(37)38/h4-5,10-14,17H,3,6-9,15H2,1-2H3,(H,37,38)(H,30,31,33). The first-order valence-corrected chi connectivity index (χ1v) is 12.9. The van der Waals surface area contributed by atoms with Crippen molar-refractivity contribution >= 4 is 34.7 Å². The summed E-state index contributed by atoms with van der Waals surface area (Å²) in [7, 11) is 0. The average Bonchev–Trinajstić information content (AvgIpc) is 2.91. The molecule has 0 spiro atoms. The van der Waals surface area contributed by atoms with Gasteiger partial charge >= 0.3 is 6.09 Å². The highest BCUT2D eigenvalue weighted by atomic mass is 35.5. The van der Waals surface area contributed by atoms with E-state index in [1.54, 1.807) is 35.3 Å². The highest BCUT2D eigenvalue weighted by molar-refractivity contribution is 6.33. The van der Waals surface area contributed by atoms with Crippen molar-refractivity contribution in [2.45, 2.75) is 33.2 Å². The molecule has 3 aromatic heterocycles. The fourth-order valence-electron chi connectivity index (χ4n) is 4.83. The molecular formula is C27H28ClN7O3. The van der Waals surface area contributed by atoms with E-state index in [1.807, 2.05) is 26.0 Å². The normalized spacial score (nSPS) is 14.1. The van der Waals surface area contributed by atoms with E-state index in [4.69, 9.17) is 11.6 Å². The van der Waals surface area contributed by atoms with Gasteiger partial charge in [-0.15, -0.1) is 0 Å². The van der Waals surface area contributed by atoms with Crippen molar-refractivity contribution in [2.24, 2.45) is 5.92 Å². The molecule has 10 nitrogen and oxygen atoms in total. The summed E-state index contributed by atoms with van der Waals surface area (Å²) in [4.78, 5) is 44.5. The molecule has 1 amide bonds. The second kappa shape index (κ2) is 10.7. The maximum absolute atomic E-state index is 13.9. The first-order chi connectivity index (χ1) is 18.3. The molecular weight excluding hydrogens is 506 g/mol. The van der Waals surface area contributed by atoms with Crippen molar-refractivity contribution in [3.8, 4) is 22.4 Å². The highest BCUT2D eigenvalue weighted by Crippen LogP contribution is 2.32. The van der Waals surface area contributed by atoms with Crippen LogP contribution in [0.4, 0.5) is 10.7 Å². The summed E-state index contributed by atoms with van der Waals surface area (Å²) in [6, 6.07) is 7.28. The number of nitrogens with one attached hydrogen (secondary N) is 1. The largest absolute Gasteiger partial charge is 0.465 e. The number of carboxylic acid groups (broad SMARTS) is 1. The number of hydrogen-bond donors (Lipinski definition) is 2. The van der Waals surface area contributed by atoms with Gasteiger partial charge in [0.05, 0.1) is 17.6 Å². The average molecular weight is 534 g/mol. The minimum Gasteiger partial charge on any atom is -0.465 e. The number of carbonyl (C=O) groups is 1. The van der Waals surface area contributed by atoms with Crippen molar-refractivity contribution in [1.29, 1.82) is 0 Å². The van der Waals surface area contributed by atoms with Crippen LogP contribution in [0, 0.1) is 12.8 Å². The third-order valence-electron chi connectivity index (χ3n) is 6.80. The number of benzene rings is 1. The monoisotopic (exact) mass is 533 g/mol. The Morgan fingerprint density at radius 1 is 1.13 bits per heavy atom. The molecule has 1 aromatic carbocycles. The highest BCUT2D eigenvalue weighted by Gasteiger charge is 2.25. The number of likely N-dealkylation sites (tertiary alicyclic amines) is 1. The van der Waals surface area contributed by atoms with Crippen LogP contribution in [-0.2, 0) is 6.54 Å². The van der Waals surface area contributed by atoms with E-state index < -0.39 is 6.09 Å². The minimum atomic E-state index is -0.911. The van der Waals surface area contributed by atoms with E-state index in [9.17, 15) is 14.7 Å². The van der Waals surface area contributed by atoms with Crippen LogP contribution in [0.3, 0.4) is 0 Å². The molecule has 196 valence electrons. The van der Waals surface area contributed by atoms with E-state index in [0.29, 0.717) is 77.8 Å². The molecule has 11 heteroatoms. The number of nitrogens with zero attached hydrogens (tertiary/aromatic N) is 6. The summed E-state index contributed by atoms with van der Waals surface area (Å²) in [5.41, 5.74) is 3.69. The fourth-order valence-corrected chi connectivity index (χ4v) is 5.11. The van der Waals surface area contributed by atoms with E-state index >= 15 is 0 Å². The van der Waals surface area contributed by atoms with Gasteiger partial charge in [0.1, 0.15) is 5.65 Å². The second-order valence-electron chi connectivity index (χ2n) is 9.43. The summed E-state index contributed by atoms with van der Waals surface area (Å²) < 4.78 is 1.69. The number of aryl methyl sites for hydroxylation is 1. The Labute approximate surface area is 224 Å². The topological polar surface area (TPSA) is 126 Å². The Balaban J connectivity index is 1.57. The molecule has 5 rings (SSSR count). The van der Waals surface area contributed by atoms with Gasteiger partial charge in [-0.1, -0.05) is 23.7 Å². The molecule has 1 aliphatic heterocycles. The number of piperidine rings is 1. The van der Waals surface area contributed by atoms with Gasteiger partial charge < -0.3 is 15.3 Å². The van der Waals surface area contributed by atoms with Gasteiger partial charge in [0, 0.05) is 65.7 Å². The number of amides is 1. The van der Waals surface area contributed by atoms with Crippen LogP contribution in [0.2, 0.25) is 5.02 Å². The summed E-state index contributed by atoms with van der Waals surface area (Å²) >= 11 is 6.73. The van der Waals surface area contributed by atoms with Crippen LogP contribution in [0.15, 0.2) is 47.7 Å². The molecule has 1 aliphatic rings. The third-order valence-corrected chi connectivity index (χ3v) is 7.11. The number of aromatic nitrogens is 5. The predicted molar refractivity (Wildman–Crippen MR) is 146 cm³/mol. The van der Waals surface area contributed by atoms with Crippen LogP contribution in [0.5, 0.6) is 0 Å². The lowest BCUT2D eigenvalue weighted by Crippen LogP contribution is -2.39. The maximum atomic E-state index is 13.9. The zero-order valence-corrected chi connectivity index (χ0v) is 21.9. The molecule has 0 unspecified atom stereocenters. The first-order valence-electron chi connectivity index (χ1n) is 12.5. The molecule has 0 aliphatic carbocycles. The Hall–Kier alpha value is -4.05. The first kappa shape index (κ1) is 25.6. The van der Waals surface area contributed by atoms with Crippen LogP contribution >= 0.6 is 11.6 Å². The van der Waals surface area contributed by atoms with Gasteiger partial charge in [0.2, 0.25) is 5.95 Å². The van der Waals surface area contributed by atoms with Gasteiger partial charge in [-0.3, -0.25) is 14.3 Å². The molecule has 0 atom stereocenters. The van der Waals surface area contributed by atoms with Crippen LogP contribution in [0.25, 0.3) is 33.4 Å². The quantitative estimate of drug-likeness (QED) is 0.365. The van der Waals surface area contributed by atoms with Crippen molar-refractivity contribution in [2.75, 3.05) is 25.0 Å². The van der Waals surface area contributed by atoms with Crippen LogP contribution in [-0.4, -0.2) is 60.2 Å². The number of anilines is 1. The van der Waals surface area contributed by atoms with Crippen molar-refractivity contribution < 1.29 is 9.90 Å². The van der Waals surface area contributed by atoms with Crippen molar-refractivity contribution in [1.82, 2.24) is 29.4 Å². The lowest BCUT2D eigenvalue weighted by molar-refractivity contribution is 0.121. The molecule has 1 fully saturated rings. The molecule has 4 aromatic rings. The Bertz CT molecular complexity index is 1560. The molecule has 4 heterocycles. The SMILES string of the molecule is CCNc1ncc2cc(-c3ccc(-c4cncc(C)n4)cc3Cl)c(=O)n(CC3CCN(C(=O)O)CC3)c2n1. The summed E-state index contributed by atoms with van der Waals surface area (Å²) in [5.74, 6) is 0.584. The van der Waals surface area contributed by atoms with E-state index in [0.717, 1.165) is 11.3 Å². The van der Waals surface area contributed by atoms with Crippen LogP contribution < -0.4 is 10.9 Å². The minimum absolute atomic E-state index is 0.136. The summed E-state index contributed by atoms with van der Waals surface area (Å²) in [6.45, 7) is 5.79. The maximum Gasteiger partial charge on any atom is 0.407 e. The molecule has 2 N–H and O–H groups in total. The zero-order valence-electron chi connectivity index (χ0n) is 21.2. The molecule has 0 bridgehead atoms. The summed E-state index contributed by atoms with van der Waals surface area (Å²) in [5, 5.41) is 13.6. The van der Waals surface area contributed by atoms with Gasteiger partial charge in [0.15, 0.2) is 0 Å². The van der Waals surface area contributed by atoms with E-state index in [1.165, 1.54) is 4.90 Å². The van der Waals surface area contributed by atoms with Gasteiger partial charge in [-0.05, 0) is 44.7 Å². The number of fused-ring (bicyclic) bond motifs is 1.